The number of benzene rings is 1. The van der Waals surface area contributed by atoms with Crippen molar-refractivity contribution in [3.63, 3.8) is 0 Å². The quantitative estimate of drug-likeness (QED) is 0.456. The number of aliphatic imine (C=N–C) groups is 1. The maximum atomic E-state index is 6.30. The lowest BCUT2D eigenvalue weighted by Crippen LogP contribution is -2.31. The maximum absolute atomic E-state index is 6.30. The van der Waals surface area contributed by atoms with Crippen LogP contribution in [0, 0.1) is 20.8 Å². The van der Waals surface area contributed by atoms with Gasteiger partial charge in [0.2, 0.25) is 0 Å². The Morgan fingerprint density at radius 3 is 2.50 bits per heavy atom. The summed E-state index contributed by atoms with van der Waals surface area (Å²) in [6.07, 6.45) is 0.576. The van der Waals surface area contributed by atoms with E-state index in [1.807, 2.05) is 52.0 Å². The Bertz CT molecular complexity index is 1220. The molecule has 2 atom stereocenters. The van der Waals surface area contributed by atoms with Gasteiger partial charge in [-0.15, -0.1) is 21.5 Å². The van der Waals surface area contributed by atoms with E-state index in [2.05, 4.69) is 28.6 Å². The van der Waals surface area contributed by atoms with Crippen LogP contribution >= 0.6 is 22.9 Å². The van der Waals surface area contributed by atoms with Gasteiger partial charge in [0.25, 0.3) is 0 Å². The number of nitrogens with zero attached hydrogens (tertiary/aromatic N) is 4. The van der Waals surface area contributed by atoms with Crippen LogP contribution < -0.4 is 0 Å². The number of aromatic nitrogens is 3. The zero-order chi connectivity index (χ0) is 22.8. The Kier molecular flexibility index (Phi) is 5.09. The van der Waals surface area contributed by atoms with E-state index in [0.29, 0.717) is 18.1 Å². The lowest BCUT2D eigenvalue weighted by Gasteiger charge is -2.26. The molecule has 0 spiro atoms. The predicted octanol–water partition coefficient (Wildman–Crippen LogP) is 5.73. The average molecular weight is 471 g/mol. The standard InChI is InChI=1S/C24H27ClN4O2S/c1-13-14(2)32-22-19(13)20(16-7-9-17(25)10-8-16)26-18(21-28-27-15(3)29(21)22)11-24(12-30-24)31-23(4,5)6/h7-10,18H,11-12H2,1-6H3/t18-,24?/m0/s1. The fourth-order valence-corrected chi connectivity index (χ4v) is 5.62. The van der Waals surface area contributed by atoms with Crippen LogP contribution in [0.1, 0.15) is 66.5 Å². The zero-order valence-electron chi connectivity index (χ0n) is 19.2. The smallest absolute Gasteiger partial charge is 0.195 e. The van der Waals surface area contributed by atoms with Crippen molar-refractivity contribution < 1.29 is 9.47 Å². The summed E-state index contributed by atoms with van der Waals surface area (Å²) in [4.78, 5) is 6.55. The molecule has 1 saturated heterocycles. The van der Waals surface area contributed by atoms with E-state index in [0.717, 1.165) is 33.5 Å². The van der Waals surface area contributed by atoms with Crippen LogP contribution in [0.3, 0.4) is 0 Å². The second-order valence-corrected chi connectivity index (χ2v) is 11.2. The summed E-state index contributed by atoms with van der Waals surface area (Å²) in [7, 11) is 0. The second-order valence-electron chi connectivity index (χ2n) is 9.52. The summed E-state index contributed by atoms with van der Waals surface area (Å²) in [6, 6.07) is 7.62. The Morgan fingerprint density at radius 1 is 1.19 bits per heavy atom. The molecule has 0 radical (unpaired) electrons. The summed E-state index contributed by atoms with van der Waals surface area (Å²) < 4.78 is 14.3. The largest absolute Gasteiger partial charge is 0.342 e. The Morgan fingerprint density at radius 2 is 1.88 bits per heavy atom. The third-order valence-corrected chi connectivity index (χ3v) is 7.26. The van der Waals surface area contributed by atoms with Crippen molar-refractivity contribution >= 4 is 28.6 Å². The second kappa shape index (κ2) is 7.48. The molecule has 0 N–H and O–H groups in total. The highest BCUT2D eigenvalue weighted by Crippen LogP contribution is 2.45. The topological polar surface area (TPSA) is 64.8 Å². The molecule has 2 aromatic heterocycles. The molecule has 0 saturated carbocycles. The zero-order valence-corrected chi connectivity index (χ0v) is 20.8. The van der Waals surface area contributed by atoms with Gasteiger partial charge in [-0.25, -0.2) is 0 Å². The van der Waals surface area contributed by atoms with Crippen LogP contribution in [-0.2, 0) is 9.47 Å². The Labute approximate surface area is 197 Å². The van der Waals surface area contributed by atoms with E-state index in [1.165, 1.54) is 10.4 Å². The molecule has 3 aromatic rings. The normalized spacial score (nSPS) is 22.2. The van der Waals surface area contributed by atoms with Crippen LogP contribution in [0.4, 0.5) is 0 Å². The van der Waals surface area contributed by atoms with Gasteiger partial charge in [-0.3, -0.25) is 9.56 Å². The van der Waals surface area contributed by atoms with Gasteiger partial charge in [-0.05, 0) is 59.2 Å². The van der Waals surface area contributed by atoms with E-state index < -0.39 is 5.79 Å². The van der Waals surface area contributed by atoms with Crippen LogP contribution in [-0.4, -0.2) is 38.5 Å². The fourth-order valence-electron chi connectivity index (χ4n) is 4.28. The first-order valence-corrected chi connectivity index (χ1v) is 12.0. The number of aryl methyl sites for hydroxylation is 2. The molecule has 0 aliphatic carbocycles. The molecule has 2 aliphatic heterocycles. The third kappa shape index (κ3) is 3.81. The maximum Gasteiger partial charge on any atom is 0.195 e. The van der Waals surface area contributed by atoms with E-state index in [9.17, 15) is 0 Å². The van der Waals surface area contributed by atoms with Crippen LogP contribution in [0.25, 0.3) is 5.00 Å². The minimum absolute atomic E-state index is 0.258. The molecule has 1 unspecified atom stereocenters. The van der Waals surface area contributed by atoms with E-state index in [4.69, 9.17) is 26.1 Å². The molecular formula is C24H27ClN4O2S. The van der Waals surface area contributed by atoms with Crippen molar-refractivity contribution in [1.29, 1.82) is 0 Å². The molecule has 5 rings (SSSR count). The molecule has 8 heteroatoms. The van der Waals surface area contributed by atoms with Crippen molar-refractivity contribution in [3.8, 4) is 5.00 Å². The summed E-state index contributed by atoms with van der Waals surface area (Å²) in [6.45, 7) is 13.0. The highest BCUT2D eigenvalue weighted by molar-refractivity contribution is 7.15. The first-order valence-electron chi connectivity index (χ1n) is 10.8. The first-order chi connectivity index (χ1) is 15.1. The number of hydrogen-bond donors (Lipinski definition) is 0. The van der Waals surface area contributed by atoms with Gasteiger partial charge in [-0.1, -0.05) is 23.7 Å². The molecule has 2 aliphatic rings. The first kappa shape index (κ1) is 21.8. The lowest BCUT2D eigenvalue weighted by atomic mass is 9.99. The molecular weight excluding hydrogens is 444 g/mol. The number of fused-ring (bicyclic) bond motifs is 3. The average Bonchev–Trinajstić information content (AvgIpc) is 3.27. The molecule has 1 aromatic carbocycles. The fraction of sp³-hybridized carbons (Fsp3) is 0.458. The van der Waals surface area contributed by atoms with Gasteiger partial charge >= 0.3 is 0 Å². The van der Waals surface area contributed by atoms with Crippen molar-refractivity contribution in [2.75, 3.05) is 6.61 Å². The highest BCUT2D eigenvalue weighted by Gasteiger charge is 2.52. The monoisotopic (exact) mass is 470 g/mol. The SMILES string of the molecule is Cc1sc2c(c1C)C(c1ccc(Cl)cc1)=N[C@@H](CC1(OC(C)(C)C)CO1)c1nnc(C)n1-2. The molecule has 0 bridgehead atoms. The van der Waals surface area contributed by atoms with Crippen molar-refractivity contribution in [2.45, 2.75) is 65.4 Å². The highest BCUT2D eigenvalue weighted by atomic mass is 35.5. The van der Waals surface area contributed by atoms with Gasteiger partial charge in [0.1, 0.15) is 23.5 Å². The molecule has 168 valence electrons. The van der Waals surface area contributed by atoms with E-state index >= 15 is 0 Å². The van der Waals surface area contributed by atoms with Crippen molar-refractivity contribution in [2.24, 2.45) is 4.99 Å². The number of epoxide rings is 1. The van der Waals surface area contributed by atoms with Gasteiger partial charge in [0.15, 0.2) is 11.6 Å². The van der Waals surface area contributed by atoms with Gasteiger partial charge in [-0.2, -0.15) is 0 Å². The number of halogens is 1. The Balaban J connectivity index is 1.69. The number of ether oxygens (including phenoxy) is 2. The van der Waals surface area contributed by atoms with Crippen molar-refractivity contribution in [3.05, 3.63) is 62.5 Å². The molecule has 32 heavy (non-hydrogen) atoms. The molecule has 0 amide bonds. The number of hydrogen-bond acceptors (Lipinski definition) is 6. The van der Waals surface area contributed by atoms with Gasteiger partial charge < -0.3 is 9.47 Å². The molecule has 1 fully saturated rings. The van der Waals surface area contributed by atoms with Crippen LogP contribution in [0.2, 0.25) is 5.02 Å². The van der Waals surface area contributed by atoms with Crippen LogP contribution in [0.5, 0.6) is 0 Å². The summed E-state index contributed by atoms with van der Waals surface area (Å²) in [5.41, 5.74) is 4.01. The van der Waals surface area contributed by atoms with E-state index in [1.54, 1.807) is 11.3 Å². The van der Waals surface area contributed by atoms with E-state index in [-0.39, 0.29) is 11.6 Å². The van der Waals surface area contributed by atoms with Gasteiger partial charge in [0, 0.05) is 27.4 Å². The van der Waals surface area contributed by atoms with Gasteiger partial charge in [0.05, 0.1) is 11.3 Å². The van der Waals surface area contributed by atoms with Crippen molar-refractivity contribution in [1.82, 2.24) is 14.8 Å². The predicted molar refractivity (Wildman–Crippen MR) is 127 cm³/mol. The summed E-state index contributed by atoms with van der Waals surface area (Å²) >= 11 is 7.94. The lowest BCUT2D eigenvalue weighted by molar-refractivity contribution is -0.133. The molecule has 4 heterocycles. The van der Waals surface area contributed by atoms with Crippen LogP contribution in [0.15, 0.2) is 29.3 Å². The molecule has 6 nitrogen and oxygen atoms in total. The number of rotatable bonds is 4. The Hall–Kier alpha value is -2.06. The minimum Gasteiger partial charge on any atom is -0.342 e. The minimum atomic E-state index is -0.648. The number of thiophene rings is 1. The summed E-state index contributed by atoms with van der Waals surface area (Å²) in [5.74, 6) is 1.02. The summed E-state index contributed by atoms with van der Waals surface area (Å²) in [5, 5.41) is 10.8. The third-order valence-electron chi connectivity index (χ3n) is 5.82.